The Morgan fingerprint density at radius 3 is 2.63 bits per heavy atom. The molecule has 0 saturated carbocycles. The Labute approximate surface area is 131 Å². The summed E-state index contributed by atoms with van der Waals surface area (Å²) in [7, 11) is 0. The van der Waals surface area contributed by atoms with Crippen LogP contribution in [0.1, 0.15) is 34.1 Å². The van der Waals surface area contributed by atoms with Crippen LogP contribution >= 0.6 is 31.9 Å². The zero-order chi connectivity index (χ0) is 14.2. The van der Waals surface area contributed by atoms with Gasteiger partial charge in [-0.05, 0) is 24.8 Å². The van der Waals surface area contributed by atoms with E-state index >= 15 is 0 Å². The van der Waals surface area contributed by atoms with Crippen molar-refractivity contribution >= 4 is 31.9 Å². The minimum absolute atomic E-state index is 0.000856. The van der Waals surface area contributed by atoms with Gasteiger partial charge in [0.1, 0.15) is 0 Å². The van der Waals surface area contributed by atoms with Crippen molar-refractivity contribution in [1.82, 2.24) is 0 Å². The van der Waals surface area contributed by atoms with Gasteiger partial charge in [-0.15, -0.1) is 0 Å². The van der Waals surface area contributed by atoms with E-state index in [-0.39, 0.29) is 33.7 Å². The highest BCUT2D eigenvalue weighted by Crippen LogP contribution is 2.73. The summed E-state index contributed by atoms with van der Waals surface area (Å²) in [5, 5.41) is 0. The second-order valence-corrected chi connectivity index (χ2v) is 8.59. The molecule has 2 aliphatic heterocycles. The summed E-state index contributed by atoms with van der Waals surface area (Å²) in [6, 6.07) is 0. The molecule has 0 aromatic rings. The second-order valence-electron chi connectivity index (χ2n) is 6.74. The zero-order valence-electron chi connectivity index (χ0n) is 11.8. The van der Waals surface area contributed by atoms with Crippen molar-refractivity contribution in [2.24, 2.45) is 10.8 Å². The maximum absolute atomic E-state index is 6.15. The van der Waals surface area contributed by atoms with E-state index in [9.17, 15) is 0 Å². The second kappa shape index (κ2) is 3.96. The van der Waals surface area contributed by atoms with Crippen LogP contribution in [0.3, 0.4) is 0 Å². The molecule has 0 aromatic carbocycles. The number of alkyl halides is 1. The molecule has 2 heterocycles. The predicted octanol–water partition coefficient (Wildman–Crippen LogP) is 4.53. The molecule has 3 aliphatic rings. The molecule has 2 fully saturated rings. The Morgan fingerprint density at radius 1 is 1.42 bits per heavy atom. The van der Waals surface area contributed by atoms with Gasteiger partial charge in [0.25, 0.3) is 0 Å². The molecule has 0 bridgehead atoms. The Kier molecular flexibility index (Phi) is 2.98. The standard InChI is InChI=1S/C15H20Br2O2/c1-8(2)9-7-15-12(18-9)19-14(15,5)11(17)6-10(16)13(15,3)4/h6,9,11-12H,1,7H2,2-5H3. The van der Waals surface area contributed by atoms with E-state index in [1.807, 2.05) is 6.92 Å². The molecule has 0 amide bonds. The quantitative estimate of drug-likeness (QED) is 0.482. The summed E-state index contributed by atoms with van der Waals surface area (Å²) >= 11 is 7.53. The van der Waals surface area contributed by atoms with E-state index in [2.05, 4.69) is 65.3 Å². The van der Waals surface area contributed by atoms with Gasteiger partial charge in [0, 0.05) is 5.41 Å². The Balaban J connectivity index is 2.11. The third-order valence-electron chi connectivity index (χ3n) is 5.52. The number of rotatable bonds is 1. The lowest BCUT2D eigenvalue weighted by atomic mass is 9.49. The first-order valence-electron chi connectivity index (χ1n) is 6.67. The third-order valence-corrected chi connectivity index (χ3v) is 7.91. The normalized spacial score (nSPS) is 50.8. The van der Waals surface area contributed by atoms with Crippen molar-refractivity contribution in [2.45, 2.75) is 56.9 Å². The molecular formula is C15H20Br2O2. The molecule has 4 heteroatoms. The molecule has 19 heavy (non-hydrogen) atoms. The molecule has 5 unspecified atom stereocenters. The van der Waals surface area contributed by atoms with Crippen molar-refractivity contribution in [3.63, 3.8) is 0 Å². The highest BCUT2D eigenvalue weighted by molar-refractivity contribution is 9.12. The molecule has 2 nitrogen and oxygen atoms in total. The van der Waals surface area contributed by atoms with Crippen LogP contribution < -0.4 is 0 Å². The minimum atomic E-state index is -0.220. The lowest BCUT2D eigenvalue weighted by molar-refractivity contribution is -0.388. The summed E-state index contributed by atoms with van der Waals surface area (Å²) in [4.78, 5) is 0.200. The van der Waals surface area contributed by atoms with Crippen molar-refractivity contribution in [2.75, 3.05) is 0 Å². The Bertz CT molecular complexity index is 485. The van der Waals surface area contributed by atoms with Gasteiger partial charge in [-0.2, -0.15) is 0 Å². The molecule has 5 atom stereocenters. The fourth-order valence-corrected chi connectivity index (χ4v) is 5.77. The highest BCUT2D eigenvalue weighted by atomic mass is 79.9. The fourth-order valence-electron chi connectivity index (χ4n) is 4.02. The van der Waals surface area contributed by atoms with E-state index < -0.39 is 0 Å². The topological polar surface area (TPSA) is 18.5 Å². The van der Waals surface area contributed by atoms with Crippen molar-refractivity contribution < 1.29 is 9.47 Å². The van der Waals surface area contributed by atoms with Gasteiger partial charge in [-0.3, -0.25) is 0 Å². The summed E-state index contributed by atoms with van der Waals surface area (Å²) in [5.74, 6) is 0. The average Bonchev–Trinajstić information content (AvgIpc) is 2.61. The van der Waals surface area contributed by atoms with Crippen molar-refractivity contribution in [1.29, 1.82) is 0 Å². The first-order chi connectivity index (χ1) is 8.67. The Morgan fingerprint density at radius 2 is 2.05 bits per heavy atom. The van der Waals surface area contributed by atoms with E-state index in [4.69, 9.17) is 9.47 Å². The van der Waals surface area contributed by atoms with E-state index in [1.54, 1.807) is 0 Å². The summed E-state index contributed by atoms with van der Waals surface area (Å²) in [6.07, 6.45) is 3.16. The number of hydrogen-bond acceptors (Lipinski definition) is 2. The SMILES string of the molecule is C=C(C)C1CC23C(O1)OC2(C)C(Br)C=C(Br)C3(C)C. The monoisotopic (exact) mass is 390 g/mol. The van der Waals surface area contributed by atoms with Crippen molar-refractivity contribution in [3.05, 3.63) is 22.7 Å². The maximum atomic E-state index is 6.15. The van der Waals surface area contributed by atoms with Crippen LogP contribution in [-0.4, -0.2) is 22.8 Å². The highest BCUT2D eigenvalue weighted by Gasteiger charge is 2.78. The summed E-state index contributed by atoms with van der Waals surface area (Å²) in [5.41, 5.74) is 0.856. The van der Waals surface area contributed by atoms with E-state index in [1.165, 1.54) is 4.48 Å². The van der Waals surface area contributed by atoms with Gasteiger partial charge < -0.3 is 9.47 Å². The van der Waals surface area contributed by atoms with Gasteiger partial charge in [0.05, 0.1) is 21.9 Å². The molecule has 106 valence electrons. The van der Waals surface area contributed by atoms with Crippen LogP contribution in [0.2, 0.25) is 0 Å². The van der Waals surface area contributed by atoms with Crippen molar-refractivity contribution in [3.8, 4) is 0 Å². The molecule has 2 saturated heterocycles. The summed E-state index contributed by atoms with van der Waals surface area (Å²) < 4.78 is 13.5. The molecule has 3 rings (SSSR count). The van der Waals surface area contributed by atoms with Crippen LogP contribution in [-0.2, 0) is 9.47 Å². The average molecular weight is 392 g/mol. The number of ether oxygens (including phenoxy) is 2. The van der Waals surface area contributed by atoms with Gasteiger partial charge in [0.2, 0.25) is 0 Å². The number of hydrogen-bond donors (Lipinski definition) is 0. The van der Waals surface area contributed by atoms with Gasteiger partial charge in [-0.25, -0.2) is 0 Å². The molecule has 1 aliphatic carbocycles. The maximum Gasteiger partial charge on any atom is 0.168 e. The number of halogens is 2. The summed E-state index contributed by atoms with van der Waals surface area (Å²) in [6.45, 7) is 12.9. The lowest BCUT2D eigenvalue weighted by Crippen LogP contribution is -2.75. The molecule has 1 spiro atoms. The zero-order valence-corrected chi connectivity index (χ0v) is 15.0. The smallest absolute Gasteiger partial charge is 0.168 e. The lowest BCUT2D eigenvalue weighted by Gasteiger charge is -2.68. The molecule has 0 N–H and O–H groups in total. The van der Waals surface area contributed by atoms with Crippen LogP contribution in [0.25, 0.3) is 0 Å². The Hall–Kier alpha value is 0.360. The molecule has 0 radical (unpaired) electrons. The fraction of sp³-hybridized carbons (Fsp3) is 0.733. The van der Waals surface area contributed by atoms with Crippen LogP contribution in [0.5, 0.6) is 0 Å². The van der Waals surface area contributed by atoms with Gasteiger partial charge in [-0.1, -0.05) is 63.9 Å². The van der Waals surface area contributed by atoms with E-state index in [0.717, 1.165) is 12.0 Å². The third kappa shape index (κ3) is 1.44. The molecule has 0 aromatic heterocycles. The van der Waals surface area contributed by atoms with Crippen LogP contribution in [0.4, 0.5) is 0 Å². The first kappa shape index (κ1) is 14.3. The van der Waals surface area contributed by atoms with Gasteiger partial charge >= 0.3 is 0 Å². The first-order valence-corrected chi connectivity index (χ1v) is 8.38. The van der Waals surface area contributed by atoms with Crippen LogP contribution in [0.15, 0.2) is 22.7 Å². The molecular weight excluding hydrogens is 372 g/mol. The number of allylic oxidation sites excluding steroid dienone is 1. The van der Waals surface area contributed by atoms with Crippen LogP contribution in [0, 0.1) is 10.8 Å². The minimum Gasteiger partial charge on any atom is -0.344 e. The largest absolute Gasteiger partial charge is 0.344 e. The van der Waals surface area contributed by atoms with E-state index in [0.29, 0.717) is 0 Å². The predicted molar refractivity (Wildman–Crippen MR) is 83.5 cm³/mol. The van der Waals surface area contributed by atoms with Gasteiger partial charge in [0.15, 0.2) is 6.29 Å².